The second-order valence-corrected chi connectivity index (χ2v) is 7.35. The molecule has 2 aromatic heterocycles. The fourth-order valence-electron chi connectivity index (χ4n) is 2.84. The zero-order valence-electron chi connectivity index (χ0n) is 15.5. The van der Waals surface area contributed by atoms with E-state index in [9.17, 15) is 9.18 Å². The molecule has 1 N–H and O–H groups in total. The van der Waals surface area contributed by atoms with Crippen molar-refractivity contribution >= 4 is 23.3 Å². The van der Waals surface area contributed by atoms with Crippen LogP contribution in [-0.4, -0.2) is 38.0 Å². The first-order chi connectivity index (χ1) is 14.2. The molecule has 8 heteroatoms. The predicted octanol–water partition coefficient (Wildman–Crippen LogP) is 3.38. The van der Waals surface area contributed by atoms with Crippen LogP contribution in [0.3, 0.4) is 0 Å². The van der Waals surface area contributed by atoms with Gasteiger partial charge in [-0.05, 0) is 36.2 Å². The number of benzene rings is 2. The third-order valence-corrected chi connectivity index (χ3v) is 5.17. The first-order valence-corrected chi connectivity index (χ1v) is 10.1. The third kappa shape index (κ3) is 4.78. The van der Waals surface area contributed by atoms with Crippen LogP contribution in [-0.2, 0) is 11.2 Å². The molecule has 29 heavy (non-hydrogen) atoms. The lowest BCUT2D eigenvalue weighted by molar-refractivity contribution is -0.118. The molecule has 0 unspecified atom stereocenters. The molecule has 0 saturated heterocycles. The summed E-state index contributed by atoms with van der Waals surface area (Å²) in [6.07, 6.45) is 0.791. The van der Waals surface area contributed by atoms with Gasteiger partial charge in [0.15, 0.2) is 11.5 Å². The molecule has 6 nitrogen and oxygen atoms in total. The zero-order chi connectivity index (χ0) is 20.1. The van der Waals surface area contributed by atoms with E-state index in [4.69, 9.17) is 0 Å². The van der Waals surface area contributed by atoms with Crippen LogP contribution in [0, 0.1) is 5.82 Å². The van der Waals surface area contributed by atoms with Crippen molar-refractivity contribution in [1.29, 1.82) is 0 Å². The summed E-state index contributed by atoms with van der Waals surface area (Å²) in [7, 11) is 0. The standard InChI is InChI=1S/C21H18FN5OS/c22-17-8-4-7-16(13-17)21-25-24-18-9-10-20(26-27(18)21)29-14-19(28)23-12-11-15-5-2-1-3-6-15/h1-10,13H,11-12,14H2,(H,23,28). The number of rotatable bonds is 7. The monoisotopic (exact) mass is 407 g/mol. The van der Waals surface area contributed by atoms with Crippen molar-refractivity contribution in [2.24, 2.45) is 0 Å². The Labute approximate surface area is 171 Å². The lowest BCUT2D eigenvalue weighted by atomic mass is 10.1. The Hall–Kier alpha value is -3.26. The highest BCUT2D eigenvalue weighted by molar-refractivity contribution is 7.99. The summed E-state index contributed by atoms with van der Waals surface area (Å²) in [5, 5.41) is 16.2. The summed E-state index contributed by atoms with van der Waals surface area (Å²) < 4.78 is 15.1. The van der Waals surface area contributed by atoms with Crippen molar-refractivity contribution in [3.8, 4) is 11.4 Å². The molecule has 2 aromatic carbocycles. The van der Waals surface area contributed by atoms with Gasteiger partial charge in [0.25, 0.3) is 0 Å². The number of amides is 1. The number of hydrogen-bond donors (Lipinski definition) is 1. The van der Waals surface area contributed by atoms with E-state index in [1.54, 1.807) is 28.8 Å². The first-order valence-electron chi connectivity index (χ1n) is 9.11. The number of aromatic nitrogens is 4. The van der Waals surface area contributed by atoms with E-state index >= 15 is 0 Å². The Morgan fingerprint density at radius 2 is 1.90 bits per heavy atom. The average molecular weight is 407 g/mol. The van der Waals surface area contributed by atoms with E-state index in [2.05, 4.69) is 20.6 Å². The minimum absolute atomic E-state index is 0.0538. The van der Waals surface area contributed by atoms with Gasteiger partial charge >= 0.3 is 0 Å². The molecule has 2 heterocycles. The fourth-order valence-corrected chi connectivity index (χ4v) is 3.52. The maximum atomic E-state index is 13.5. The number of thioether (sulfide) groups is 1. The van der Waals surface area contributed by atoms with Gasteiger partial charge in [-0.25, -0.2) is 4.39 Å². The molecule has 4 aromatic rings. The number of fused-ring (bicyclic) bond motifs is 1. The summed E-state index contributed by atoms with van der Waals surface area (Å²) in [6.45, 7) is 0.588. The van der Waals surface area contributed by atoms with Crippen LogP contribution in [0.4, 0.5) is 4.39 Å². The molecule has 0 radical (unpaired) electrons. The van der Waals surface area contributed by atoms with Crippen molar-refractivity contribution in [3.05, 3.63) is 78.1 Å². The molecular formula is C21H18FN5OS. The topological polar surface area (TPSA) is 72.2 Å². The number of nitrogens with one attached hydrogen (secondary N) is 1. The maximum absolute atomic E-state index is 13.5. The lowest BCUT2D eigenvalue weighted by Gasteiger charge is -2.06. The highest BCUT2D eigenvalue weighted by Gasteiger charge is 2.11. The van der Waals surface area contributed by atoms with E-state index in [0.717, 1.165) is 6.42 Å². The first kappa shape index (κ1) is 19.1. The van der Waals surface area contributed by atoms with Crippen molar-refractivity contribution in [1.82, 2.24) is 25.1 Å². The van der Waals surface area contributed by atoms with Gasteiger partial charge in [-0.2, -0.15) is 9.61 Å². The summed E-state index contributed by atoms with van der Waals surface area (Å²) >= 11 is 1.33. The van der Waals surface area contributed by atoms with Crippen molar-refractivity contribution < 1.29 is 9.18 Å². The number of carbonyl (C=O) groups excluding carboxylic acids is 1. The Kier molecular flexibility index (Phi) is 5.81. The van der Waals surface area contributed by atoms with Gasteiger partial charge in [-0.1, -0.05) is 54.2 Å². The molecule has 0 spiro atoms. The maximum Gasteiger partial charge on any atom is 0.230 e. The van der Waals surface area contributed by atoms with Crippen LogP contribution in [0.15, 0.2) is 71.8 Å². The minimum Gasteiger partial charge on any atom is -0.355 e. The SMILES string of the molecule is O=C(CSc1ccc2nnc(-c3cccc(F)c3)n2n1)NCCc1ccccc1. The van der Waals surface area contributed by atoms with E-state index < -0.39 is 0 Å². The minimum atomic E-state index is -0.350. The van der Waals surface area contributed by atoms with Crippen molar-refractivity contribution in [2.75, 3.05) is 12.3 Å². The molecule has 0 saturated carbocycles. The Bertz CT molecular complexity index is 1130. The summed E-state index contributed by atoms with van der Waals surface area (Å²) in [5.74, 6) is 0.304. The molecule has 1 amide bonds. The van der Waals surface area contributed by atoms with E-state index in [1.165, 1.54) is 29.5 Å². The lowest BCUT2D eigenvalue weighted by Crippen LogP contribution is -2.27. The van der Waals surface area contributed by atoms with Gasteiger partial charge in [0, 0.05) is 12.1 Å². The number of carbonyl (C=O) groups is 1. The Morgan fingerprint density at radius 1 is 1.03 bits per heavy atom. The van der Waals surface area contributed by atoms with Gasteiger partial charge in [-0.15, -0.1) is 10.2 Å². The highest BCUT2D eigenvalue weighted by atomic mass is 32.2. The highest BCUT2D eigenvalue weighted by Crippen LogP contribution is 2.21. The predicted molar refractivity (Wildman–Crippen MR) is 110 cm³/mol. The van der Waals surface area contributed by atoms with Crippen LogP contribution in [0.25, 0.3) is 17.0 Å². The van der Waals surface area contributed by atoms with Crippen LogP contribution in [0.1, 0.15) is 5.56 Å². The molecule has 0 aliphatic rings. The largest absolute Gasteiger partial charge is 0.355 e. The molecule has 146 valence electrons. The van der Waals surface area contributed by atoms with Gasteiger partial charge < -0.3 is 5.32 Å². The van der Waals surface area contributed by atoms with Crippen LogP contribution < -0.4 is 5.32 Å². The molecule has 0 fully saturated rings. The second-order valence-electron chi connectivity index (χ2n) is 6.35. The van der Waals surface area contributed by atoms with Crippen molar-refractivity contribution in [2.45, 2.75) is 11.4 Å². The number of hydrogen-bond acceptors (Lipinski definition) is 5. The molecule has 0 aliphatic carbocycles. The van der Waals surface area contributed by atoms with E-state index in [0.29, 0.717) is 28.6 Å². The third-order valence-electron chi connectivity index (χ3n) is 4.25. The molecule has 0 bridgehead atoms. The summed E-state index contributed by atoms with van der Waals surface area (Å²) in [4.78, 5) is 12.1. The Morgan fingerprint density at radius 3 is 2.72 bits per heavy atom. The summed E-state index contributed by atoms with van der Waals surface area (Å²) in [5.41, 5.74) is 2.33. The van der Waals surface area contributed by atoms with Crippen LogP contribution in [0.2, 0.25) is 0 Å². The quantitative estimate of drug-likeness (QED) is 0.476. The summed E-state index contributed by atoms with van der Waals surface area (Å²) in [6, 6.07) is 19.7. The smallest absolute Gasteiger partial charge is 0.230 e. The van der Waals surface area contributed by atoms with Gasteiger partial charge in [0.2, 0.25) is 5.91 Å². The zero-order valence-corrected chi connectivity index (χ0v) is 16.3. The van der Waals surface area contributed by atoms with Gasteiger partial charge in [0.05, 0.1) is 5.75 Å². The Balaban J connectivity index is 1.38. The van der Waals surface area contributed by atoms with Gasteiger partial charge in [0.1, 0.15) is 10.8 Å². The number of halogens is 1. The van der Waals surface area contributed by atoms with Crippen molar-refractivity contribution in [3.63, 3.8) is 0 Å². The molecular weight excluding hydrogens is 389 g/mol. The van der Waals surface area contributed by atoms with E-state index in [-0.39, 0.29) is 17.5 Å². The normalized spacial score (nSPS) is 10.9. The molecule has 4 rings (SSSR count). The number of nitrogens with zero attached hydrogens (tertiary/aromatic N) is 4. The van der Waals surface area contributed by atoms with E-state index in [1.807, 2.05) is 30.3 Å². The molecule has 0 aliphatic heterocycles. The van der Waals surface area contributed by atoms with Crippen LogP contribution >= 0.6 is 11.8 Å². The molecule has 0 atom stereocenters. The average Bonchev–Trinajstić information content (AvgIpc) is 3.16. The second kappa shape index (κ2) is 8.83. The van der Waals surface area contributed by atoms with Crippen LogP contribution in [0.5, 0.6) is 0 Å². The fraction of sp³-hybridized carbons (Fsp3) is 0.143. The van der Waals surface area contributed by atoms with Gasteiger partial charge in [-0.3, -0.25) is 4.79 Å².